The molecule has 1 atom stereocenters. The summed E-state index contributed by atoms with van der Waals surface area (Å²) in [5, 5.41) is 3.35. The van der Waals surface area contributed by atoms with E-state index in [4.69, 9.17) is 0 Å². The Hall–Kier alpha value is -1.69. The first kappa shape index (κ1) is 17.1. The quantitative estimate of drug-likeness (QED) is 0.876. The zero-order valence-electron chi connectivity index (χ0n) is 13.9. The van der Waals surface area contributed by atoms with E-state index in [9.17, 15) is 8.42 Å². The van der Waals surface area contributed by atoms with Crippen molar-refractivity contribution in [2.24, 2.45) is 5.92 Å². The fourth-order valence-electron chi connectivity index (χ4n) is 3.36. The van der Waals surface area contributed by atoms with Gasteiger partial charge in [0.15, 0.2) is 0 Å². The average molecular weight is 344 g/mol. The van der Waals surface area contributed by atoms with Crippen molar-refractivity contribution in [3.63, 3.8) is 0 Å². The number of benzene rings is 2. The first-order chi connectivity index (χ1) is 11.6. The molecule has 3 rings (SSSR count). The Morgan fingerprint density at radius 1 is 1.00 bits per heavy atom. The highest BCUT2D eigenvalue weighted by Crippen LogP contribution is 2.32. The van der Waals surface area contributed by atoms with E-state index in [-0.39, 0.29) is 6.04 Å². The van der Waals surface area contributed by atoms with Gasteiger partial charge in [-0.15, -0.1) is 0 Å². The predicted molar refractivity (Wildman–Crippen MR) is 96.3 cm³/mol. The number of hydrogen-bond donors (Lipinski definition) is 2. The van der Waals surface area contributed by atoms with Crippen LogP contribution in [0.5, 0.6) is 0 Å². The third kappa shape index (κ3) is 3.86. The molecular weight excluding hydrogens is 320 g/mol. The van der Waals surface area contributed by atoms with E-state index in [1.54, 1.807) is 24.3 Å². The van der Waals surface area contributed by atoms with Crippen LogP contribution >= 0.6 is 0 Å². The van der Waals surface area contributed by atoms with Gasteiger partial charge >= 0.3 is 0 Å². The maximum absolute atomic E-state index is 12.8. The van der Waals surface area contributed by atoms with E-state index in [1.165, 1.54) is 0 Å². The van der Waals surface area contributed by atoms with Crippen LogP contribution in [0.4, 0.5) is 0 Å². The summed E-state index contributed by atoms with van der Waals surface area (Å²) in [7, 11) is -3.54. The molecule has 2 N–H and O–H groups in total. The van der Waals surface area contributed by atoms with Crippen LogP contribution in [0, 0.1) is 12.8 Å². The Labute approximate surface area is 144 Å². The van der Waals surface area contributed by atoms with Crippen LogP contribution in [0.15, 0.2) is 59.5 Å². The molecule has 0 saturated carbocycles. The summed E-state index contributed by atoms with van der Waals surface area (Å²) >= 11 is 0. The van der Waals surface area contributed by atoms with Gasteiger partial charge in [-0.2, -0.15) is 0 Å². The molecule has 0 radical (unpaired) electrons. The molecule has 2 aromatic carbocycles. The molecule has 0 amide bonds. The van der Waals surface area contributed by atoms with Crippen LogP contribution in [-0.2, 0) is 10.0 Å². The lowest BCUT2D eigenvalue weighted by Gasteiger charge is -2.32. The minimum Gasteiger partial charge on any atom is -0.317 e. The van der Waals surface area contributed by atoms with Gasteiger partial charge in [0, 0.05) is 0 Å². The summed E-state index contributed by atoms with van der Waals surface area (Å²) in [5.74, 6) is 0.297. The molecule has 1 fully saturated rings. The van der Waals surface area contributed by atoms with Crippen molar-refractivity contribution < 1.29 is 8.42 Å². The van der Waals surface area contributed by atoms with Crippen LogP contribution in [0.1, 0.15) is 30.0 Å². The molecule has 0 bridgehead atoms. The first-order valence-electron chi connectivity index (χ1n) is 8.41. The van der Waals surface area contributed by atoms with Gasteiger partial charge in [-0.05, 0) is 62.0 Å². The van der Waals surface area contributed by atoms with E-state index in [0.717, 1.165) is 37.1 Å². The van der Waals surface area contributed by atoms with E-state index >= 15 is 0 Å². The standard InChI is InChI=1S/C19H24N2O2S/c1-15-7-5-6-10-18(15)19(16-11-13-20-14-12-16)21-24(22,23)17-8-3-2-4-9-17/h2-10,16,19-21H,11-14H2,1H3. The van der Waals surface area contributed by atoms with Crippen molar-refractivity contribution >= 4 is 10.0 Å². The fourth-order valence-corrected chi connectivity index (χ4v) is 4.67. The second-order valence-electron chi connectivity index (χ2n) is 6.36. The van der Waals surface area contributed by atoms with E-state index < -0.39 is 10.0 Å². The monoisotopic (exact) mass is 344 g/mol. The molecule has 0 spiro atoms. The minimum atomic E-state index is -3.54. The number of rotatable bonds is 5. The average Bonchev–Trinajstić information content (AvgIpc) is 2.62. The van der Waals surface area contributed by atoms with Crippen molar-refractivity contribution in [1.29, 1.82) is 0 Å². The first-order valence-corrected chi connectivity index (χ1v) is 9.90. The molecule has 1 heterocycles. The van der Waals surface area contributed by atoms with Gasteiger partial charge in [0.2, 0.25) is 10.0 Å². The van der Waals surface area contributed by atoms with Crippen LogP contribution in [0.25, 0.3) is 0 Å². The van der Waals surface area contributed by atoms with Gasteiger partial charge in [-0.1, -0.05) is 42.5 Å². The van der Waals surface area contributed by atoms with Crippen LogP contribution in [0.2, 0.25) is 0 Å². The summed E-state index contributed by atoms with van der Waals surface area (Å²) in [6.45, 7) is 3.90. The number of hydrogen-bond acceptors (Lipinski definition) is 3. The van der Waals surface area contributed by atoms with Gasteiger partial charge in [0.25, 0.3) is 0 Å². The molecule has 4 nitrogen and oxygen atoms in total. The molecule has 1 aliphatic rings. The largest absolute Gasteiger partial charge is 0.317 e. The molecule has 5 heteroatoms. The lowest BCUT2D eigenvalue weighted by Crippen LogP contribution is -2.39. The molecule has 128 valence electrons. The molecule has 2 aromatic rings. The van der Waals surface area contributed by atoms with Gasteiger partial charge in [-0.25, -0.2) is 13.1 Å². The molecule has 1 unspecified atom stereocenters. The minimum absolute atomic E-state index is 0.196. The van der Waals surface area contributed by atoms with Crippen LogP contribution in [0.3, 0.4) is 0 Å². The lowest BCUT2D eigenvalue weighted by atomic mass is 9.85. The number of piperidine rings is 1. The van der Waals surface area contributed by atoms with Crippen molar-refractivity contribution in [3.05, 3.63) is 65.7 Å². The van der Waals surface area contributed by atoms with E-state index in [0.29, 0.717) is 10.8 Å². The Bertz CT molecular complexity index is 769. The van der Waals surface area contributed by atoms with Crippen LogP contribution < -0.4 is 10.0 Å². The molecule has 0 aromatic heterocycles. The second kappa shape index (κ2) is 7.47. The normalized spacial score (nSPS) is 17.5. The Balaban J connectivity index is 1.94. The second-order valence-corrected chi connectivity index (χ2v) is 8.07. The van der Waals surface area contributed by atoms with Crippen molar-refractivity contribution in [1.82, 2.24) is 10.0 Å². The highest BCUT2D eigenvalue weighted by atomic mass is 32.2. The van der Waals surface area contributed by atoms with Gasteiger partial charge < -0.3 is 5.32 Å². The van der Waals surface area contributed by atoms with Crippen molar-refractivity contribution in [3.8, 4) is 0 Å². The third-order valence-electron chi connectivity index (χ3n) is 4.71. The Morgan fingerprint density at radius 2 is 1.62 bits per heavy atom. The smallest absolute Gasteiger partial charge is 0.241 e. The van der Waals surface area contributed by atoms with Gasteiger partial charge in [0.1, 0.15) is 0 Å². The zero-order chi connectivity index (χ0) is 17.0. The molecule has 0 aliphatic carbocycles. The SMILES string of the molecule is Cc1ccccc1C(NS(=O)(=O)c1ccccc1)C1CCNCC1. The highest BCUT2D eigenvalue weighted by Gasteiger charge is 2.30. The summed E-state index contributed by atoms with van der Waals surface area (Å²) < 4.78 is 28.7. The summed E-state index contributed by atoms with van der Waals surface area (Å²) in [6.07, 6.45) is 1.94. The summed E-state index contributed by atoms with van der Waals surface area (Å²) in [6, 6.07) is 16.5. The van der Waals surface area contributed by atoms with E-state index in [1.807, 2.05) is 37.3 Å². The van der Waals surface area contributed by atoms with Crippen molar-refractivity contribution in [2.45, 2.75) is 30.7 Å². The fraction of sp³-hybridized carbons (Fsp3) is 0.368. The van der Waals surface area contributed by atoms with Gasteiger partial charge in [0.05, 0.1) is 10.9 Å². The number of aryl methyl sites for hydroxylation is 1. The molecule has 24 heavy (non-hydrogen) atoms. The number of nitrogens with one attached hydrogen (secondary N) is 2. The summed E-state index contributed by atoms with van der Waals surface area (Å²) in [5.41, 5.74) is 2.20. The number of sulfonamides is 1. The maximum Gasteiger partial charge on any atom is 0.241 e. The maximum atomic E-state index is 12.8. The lowest BCUT2D eigenvalue weighted by molar-refractivity contribution is 0.306. The summed E-state index contributed by atoms with van der Waals surface area (Å²) in [4.78, 5) is 0.317. The topological polar surface area (TPSA) is 58.2 Å². The Kier molecular flexibility index (Phi) is 5.33. The molecular formula is C19H24N2O2S. The highest BCUT2D eigenvalue weighted by molar-refractivity contribution is 7.89. The van der Waals surface area contributed by atoms with Crippen molar-refractivity contribution in [2.75, 3.05) is 13.1 Å². The molecule has 1 aliphatic heterocycles. The third-order valence-corrected chi connectivity index (χ3v) is 6.17. The van der Waals surface area contributed by atoms with Crippen LogP contribution in [-0.4, -0.2) is 21.5 Å². The van der Waals surface area contributed by atoms with E-state index in [2.05, 4.69) is 10.0 Å². The molecule has 1 saturated heterocycles. The zero-order valence-corrected chi connectivity index (χ0v) is 14.7. The Morgan fingerprint density at radius 3 is 2.29 bits per heavy atom. The predicted octanol–water partition coefficient (Wildman–Crippen LogP) is 3.01. The van der Waals surface area contributed by atoms with Gasteiger partial charge in [-0.3, -0.25) is 0 Å².